The van der Waals surface area contributed by atoms with Crippen molar-refractivity contribution in [3.05, 3.63) is 41.9 Å². The summed E-state index contributed by atoms with van der Waals surface area (Å²) in [6.07, 6.45) is -2.92. The summed E-state index contributed by atoms with van der Waals surface area (Å²) in [5.74, 6) is -0.345. The van der Waals surface area contributed by atoms with Crippen LogP contribution in [0.25, 0.3) is 0 Å². The van der Waals surface area contributed by atoms with Crippen molar-refractivity contribution in [2.24, 2.45) is 0 Å². The highest BCUT2D eigenvalue weighted by molar-refractivity contribution is 6.11. The summed E-state index contributed by atoms with van der Waals surface area (Å²) < 4.78 is 50.2. The fourth-order valence-electron chi connectivity index (χ4n) is 5.55. The molecule has 3 aliphatic heterocycles. The van der Waals surface area contributed by atoms with Crippen molar-refractivity contribution in [2.45, 2.75) is 43.2 Å². The minimum Gasteiger partial charge on any atom is -0.474 e. The molecule has 1 spiro atoms. The summed E-state index contributed by atoms with van der Waals surface area (Å²) in [4.78, 5) is 37.8. The molecule has 1 N–H and O–H groups in total. The molecule has 2 amide bonds. The number of anilines is 2. The number of halogens is 3. The molecule has 1 atom stereocenters. The van der Waals surface area contributed by atoms with E-state index >= 15 is 0 Å². The maximum atomic E-state index is 13.6. The van der Waals surface area contributed by atoms with Gasteiger partial charge in [-0.05, 0) is 12.1 Å². The van der Waals surface area contributed by atoms with Crippen molar-refractivity contribution in [1.29, 1.82) is 0 Å². The summed E-state index contributed by atoms with van der Waals surface area (Å²) in [7, 11) is 1.92. The number of amides is 2. The van der Waals surface area contributed by atoms with Gasteiger partial charge in [-0.25, -0.2) is 9.99 Å². The number of carbonyl (C=O) groups is 2. The number of morpholine rings is 1. The average molecular weight is 518 g/mol. The maximum Gasteiger partial charge on any atom is 0.416 e. The van der Waals surface area contributed by atoms with E-state index in [1.165, 1.54) is 11.1 Å². The second-order valence-electron chi connectivity index (χ2n) is 9.87. The third-order valence-corrected chi connectivity index (χ3v) is 7.42. The number of nitrogens with one attached hydrogen (secondary N) is 1. The average Bonchev–Trinajstić information content (AvgIpc) is 3.33. The summed E-state index contributed by atoms with van der Waals surface area (Å²) in [5, 5.41) is 1.91. The van der Waals surface area contributed by atoms with Gasteiger partial charge in [0.1, 0.15) is 12.6 Å². The third kappa shape index (κ3) is 4.06. The first-order chi connectivity index (χ1) is 17.6. The Morgan fingerprint density at radius 1 is 1.30 bits per heavy atom. The standard InChI is InChI=1S/C24H25F3N6O4/c1-31-11-17-16(30-31)2-3-20(29-17)37-14-8-23(9-14)15-10-28-5-4-18(15)33(22(23)35)13-21(34)32-6-7-36-19(12-32)24(25,26)27/h2-5,10,14,19,30H,6-9,11-13H2,1H3. The minimum atomic E-state index is -4.56. The molecule has 5 heterocycles. The normalized spacial score (nSPS) is 27.1. The molecular weight excluding hydrogens is 493 g/mol. The lowest BCUT2D eigenvalue weighted by atomic mass is 9.63. The number of nitrogens with zero attached hydrogens (tertiary/aromatic N) is 5. The molecule has 2 aromatic heterocycles. The topological polar surface area (TPSA) is 100 Å². The van der Waals surface area contributed by atoms with Crippen LogP contribution in [0.15, 0.2) is 30.6 Å². The van der Waals surface area contributed by atoms with Crippen LogP contribution >= 0.6 is 0 Å². The molecular formula is C24H25F3N6O4. The van der Waals surface area contributed by atoms with E-state index in [0.29, 0.717) is 36.5 Å². The Hall–Kier alpha value is -3.45. The van der Waals surface area contributed by atoms with Crippen LogP contribution in [0.5, 0.6) is 5.88 Å². The number of fused-ring (bicyclic) bond motifs is 3. The summed E-state index contributed by atoms with van der Waals surface area (Å²) >= 11 is 0. The van der Waals surface area contributed by atoms with Gasteiger partial charge in [0, 0.05) is 50.5 Å². The monoisotopic (exact) mass is 518 g/mol. The molecule has 10 nitrogen and oxygen atoms in total. The molecule has 0 radical (unpaired) electrons. The zero-order chi connectivity index (χ0) is 25.9. The van der Waals surface area contributed by atoms with Crippen LogP contribution in [0, 0.1) is 0 Å². The van der Waals surface area contributed by atoms with Crippen LogP contribution in [0.1, 0.15) is 24.1 Å². The number of hydrogen-bond acceptors (Lipinski definition) is 8. The number of aromatic nitrogens is 2. The van der Waals surface area contributed by atoms with Gasteiger partial charge in [-0.3, -0.25) is 14.6 Å². The Balaban J connectivity index is 1.15. The smallest absolute Gasteiger partial charge is 0.416 e. The predicted octanol–water partition coefficient (Wildman–Crippen LogP) is 1.86. The van der Waals surface area contributed by atoms with E-state index < -0.39 is 30.1 Å². The lowest BCUT2D eigenvalue weighted by Gasteiger charge is -2.43. The van der Waals surface area contributed by atoms with Gasteiger partial charge >= 0.3 is 6.18 Å². The Labute approximate surface area is 210 Å². The first-order valence-corrected chi connectivity index (χ1v) is 12.0. The van der Waals surface area contributed by atoms with Gasteiger partial charge in [0.2, 0.25) is 17.7 Å². The van der Waals surface area contributed by atoms with Crippen LogP contribution in [0.2, 0.25) is 0 Å². The number of hydrazine groups is 1. The minimum absolute atomic E-state index is 0.0385. The van der Waals surface area contributed by atoms with Crippen molar-refractivity contribution < 1.29 is 32.2 Å². The van der Waals surface area contributed by atoms with E-state index in [-0.39, 0.29) is 31.7 Å². The first-order valence-electron chi connectivity index (χ1n) is 12.0. The molecule has 2 aromatic rings. The molecule has 0 bridgehead atoms. The van der Waals surface area contributed by atoms with Gasteiger partial charge in [-0.2, -0.15) is 13.2 Å². The Bertz CT molecular complexity index is 1250. The van der Waals surface area contributed by atoms with E-state index in [4.69, 9.17) is 9.47 Å². The number of rotatable bonds is 4. The van der Waals surface area contributed by atoms with Crippen LogP contribution in [-0.4, -0.2) is 83.4 Å². The van der Waals surface area contributed by atoms with Gasteiger partial charge in [-0.1, -0.05) is 0 Å². The first kappa shape index (κ1) is 23.9. The van der Waals surface area contributed by atoms with E-state index in [9.17, 15) is 22.8 Å². The molecule has 1 aliphatic carbocycles. The van der Waals surface area contributed by atoms with E-state index in [2.05, 4.69) is 15.4 Å². The van der Waals surface area contributed by atoms with E-state index in [1.54, 1.807) is 18.3 Å². The van der Waals surface area contributed by atoms with Crippen molar-refractivity contribution in [3.8, 4) is 5.88 Å². The highest BCUT2D eigenvalue weighted by Crippen LogP contribution is 2.54. The van der Waals surface area contributed by atoms with Crippen molar-refractivity contribution >= 4 is 23.2 Å². The van der Waals surface area contributed by atoms with E-state index in [0.717, 1.165) is 16.3 Å². The molecule has 37 heavy (non-hydrogen) atoms. The molecule has 0 aromatic carbocycles. The van der Waals surface area contributed by atoms with Crippen molar-refractivity contribution in [2.75, 3.05) is 43.6 Å². The fraction of sp³-hybridized carbons (Fsp3) is 0.500. The maximum absolute atomic E-state index is 13.6. The Kier molecular flexibility index (Phi) is 5.53. The Morgan fingerprint density at radius 2 is 2.11 bits per heavy atom. The highest BCUT2D eigenvalue weighted by Gasteiger charge is 2.60. The van der Waals surface area contributed by atoms with Gasteiger partial charge in [0.15, 0.2) is 6.10 Å². The molecule has 13 heteroatoms. The van der Waals surface area contributed by atoms with Crippen LogP contribution in [0.3, 0.4) is 0 Å². The number of hydrogen-bond donors (Lipinski definition) is 1. The molecule has 2 fully saturated rings. The summed E-state index contributed by atoms with van der Waals surface area (Å²) in [6.45, 7) is -0.462. The molecule has 1 saturated heterocycles. The second-order valence-corrected chi connectivity index (χ2v) is 9.87. The predicted molar refractivity (Wildman–Crippen MR) is 124 cm³/mol. The molecule has 6 rings (SSSR count). The van der Waals surface area contributed by atoms with E-state index in [1.807, 2.05) is 18.1 Å². The fourth-order valence-corrected chi connectivity index (χ4v) is 5.55. The number of ether oxygens (including phenoxy) is 2. The largest absolute Gasteiger partial charge is 0.474 e. The van der Waals surface area contributed by atoms with Gasteiger partial charge in [0.25, 0.3) is 0 Å². The summed E-state index contributed by atoms with van der Waals surface area (Å²) in [6, 6.07) is 5.34. The molecule has 1 unspecified atom stereocenters. The number of pyridine rings is 2. The zero-order valence-electron chi connectivity index (χ0n) is 20.0. The Morgan fingerprint density at radius 3 is 2.89 bits per heavy atom. The van der Waals surface area contributed by atoms with Gasteiger partial charge < -0.3 is 24.7 Å². The van der Waals surface area contributed by atoms with Crippen LogP contribution < -0.4 is 15.1 Å². The highest BCUT2D eigenvalue weighted by atomic mass is 19.4. The molecule has 1 saturated carbocycles. The zero-order valence-corrected chi connectivity index (χ0v) is 20.0. The van der Waals surface area contributed by atoms with Crippen molar-refractivity contribution in [1.82, 2.24) is 19.9 Å². The third-order valence-electron chi connectivity index (χ3n) is 7.42. The van der Waals surface area contributed by atoms with Gasteiger partial charge in [-0.15, -0.1) is 0 Å². The van der Waals surface area contributed by atoms with Gasteiger partial charge in [0.05, 0.1) is 42.2 Å². The van der Waals surface area contributed by atoms with Crippen LogP contribution in [-0.2, 0) is 26.3 Å². The molecule has 196 valence electrons. The lowest BCUT2D eigenvalue weighted by Crippen LogP contribution is -2.56. The molecule has 4 aliphatic rings. The summed E-state index contributed by atoms with van der Waals surface area (Å²) in [5.41, 5.74) is 5.36. The van der Waals surface area contributed by atoms with Crippen molar-refractivity contribution in [3.63, 3.8) is 0 Å². The quantitative estimate of drug-likeness (QED) is 0.655. The SMILES string of the molecule is CN1Cc2nc(OC3CC4(C3)C(=O)N(CC(=O)N3CCOC(C(F)(F)F)C3)c3ccncc34)ccc2N1. The second kappa shape index (κ2) is 8.55. The van der Waals surface area contributed by atoms with Crippen LogP contribution in [0.4, 0.5) is 24.5 Å². The number of alkyl halides is 3. The lowest BCUT2D eigenvalue weighted by molar-refractivity contribution is -0.236. The number of carbonyl (C=O) groups excluding carboxylic acids is 2.